The van der Waals surface area contributed by atoms with Crippen LogP contribution in [0, 0.1) is 17.8 Å². The van der Waals surface area contributed by atoms with Crippen molar-refractivity contribution >= 4 is 0 Å². The third kappa shape index (κ3) is 2.28. The molecule has 1 spiro atoms. The average Bonchev–Trinajstić information content (AvgIpc) is 2.80. The van der Waals surface area contributed by atoms with Gasteiger partial charge in [-0.1, -0.05) is 13.8 Å². The van der Waals surface area contributed by atoms with E-state index in [9.17, 15) is 5.11 Å². The number of fused-ring (bicyclic) bond motifs is 2. The van der Waals surface area contributed by atoms with Crippen molar-refractivity contribution < 1.29 is 24.4 Å². The van der Waals surface area contributed by atoms with Crippen LogP contribution in [0.5, 0.6) is 0 Å². The molecule has 0 amide bonds. The molecule has 1 saturated carbocycles. The van der Waals surface area contributed by atoms with Crippen LogP contribution in [0.1, 0.15) is 65.7 Å². The van der Waals surface area contributed by atoms with Crippen molar-refractivity contribution in [2.24, 2.45) is 17.8 Å². The van der Waals surface area contributed by atoms with E-state index in [4.69, 9.17) is 19.2 Å². The zero-order valence-corrected chi connectivity index (χ0v) is 15.0. The molecular formula is C19H30O5. The number of aliphatic hydroxyl groups is 1. The first kappa shape index (κ1) is 16.8. The predicted molar refractivity (Wildman–Crippen MR) is 87.5 cm³/mol. The Hall–Kier alpha value is -0.620. The summed E-state index contributed by atoms with van der Waals surface area (Å²) in [5, 5.41) is 9.24. The van der Waals surface area contributed by atoms with E-state index >= 15 is 0 Å². The highest BCUT2D eigenvalue weighted by atomic mass is 17.3. The fourth-order valence-electron chi connectivity index (χ4n) is 5.45. The van der Waals surface area contributed by atoms with Crippen LogP contribution in [0.3, 0.4) is 0 Å². The van der Waals surface area contributed by atoms with Crippen molar-refractivity contribution in [1.29, 1.82) is 0 Å². The Morgan fingerprint density at radius 2 is 2.04 bits per heavy atom. The van der Waals surface area contributed by atoms with E-state index in [0.29, 0.717) is 17.8 Å². The molecule has 6 atom stereocenters. The highest BCUT2D eigenvalue weighted by molar-refractivity contribution is 5.25. The summed E-state index contributed by atoms with van der Waals surface area (Å²) in [7, 11) is 0. The standard InChI is InChI=1S/C19H30O5/c1-4-13-15-8-7-12(2)14-9-10-18(3)22-17(19(14,15)24-23-18)21-16(13)6-5-11-20/h12,14-15,17,20H,4-11H2,1-3H3/t12-,14+,15+,17-,18+,19-/m1/s1. The first-order chi connectivity index (χ1) is 11.5. The van der Waals surface area contributed by atoms with Gasteiger partial charge >= 0.3 is 0 Å². The Labute approximate surface area is 144 Å². The summed E-state index contributed by atoms with van der Waals surface area (Å²) in [6.07, 6.45) is 6.22. The number of rotatable bonds is 4. The van der Waals surface area contributed by atoms with Crippen LogP contribution in [0.2, 0.25) is 0 Å². The van der Waals surface area contributed by atoms with Gasteiger partial charge in [-0.15, -0.1) is 0 Å². The summed E-state index contributed by atoms with van der Waals surface area (Å²) >= 11 is 0. The molecule has 0 radical (unpaired) electrons. The molecule has 1 aliphatic carbocycles. The maximum atomic E-state index is 9.24. The smallest absolute Gasteiger partial charge is 0.235 e. The molecule has 0 unspecified atom stereocenters. The molecule has 0 aromatic rings. The van der Waals surface area contributed by atoms with Gasteiger partial charge in [0.2, 0.25) is 12.1 Å². The molecule has 1 N–H and O–H groups in total. The van der Waals surface area contributed by atoms with E-state index in [2.05, 4.69) is 13.8 Å². The number of hydrogen-bond acceptors (Lipinski definition) is 5. The minimum Gasteiger partial charge on any atom is -0.466 e. The van der Waals surface area contributed by atoms with Crippen molar-refractivity contribution in [3.05, 3.63) is 11.3 Å². The molecule has 4 heterocycles. The van der Waals surface area contributed by atoms with Gasteiger partial charge < -0.3 is 14.6 Å². The van der Waals surface area contributed by atoms with Crippen LogP contribution in [-0.2, 0) is 19.2 Å². The minimum absolute atomic E-state index is 0.183. The largest absolute Gasteiger partial charge is 0.466 e. The monoisotopic (exact) mass is 338 g/mol. The second-order valence-electron chi connectivity index (χ2n) is 8.10. The van der Waals surface area contributed by atoms with Gasteiger partial charge in [-0.25, -0.2) is 9.78 Å². The number of hydrogen-bond donors (Lipinski definition) is 1. The molecule has 5 aliphatic rings. The molecule has 4 fully saturated rings. The van der Waals surface area contributed by atoms with E-state index in [0.717, 1.165) is 44.3 Å². The van der Waals surface area contributed by atoms with E-state index in [-0.39, 0.29) is 6.61 Å². The quantitative estimate of drug-likeness (QED) is 0.793. The third-order valence-electron chi connectivity index (χ3n) is 6.69. The molecular weight excluding hydrogens is 308 g/mol. The third-order valence-corrected chi connectivity index (χ3v) is 6.69. The second kappa shape index (κ2) is 5.97. The van der Waals surface area contributed by atoms with Crippen LogP contribution in [0.4, 0.5) is 0 Å². The fraction of sp³-hybridized carbons (Fsp3) is 0.895. The lowest BCUT2D eigenvalue weighted by atomic mass is 9.59. The molecule has 3 saturated heterocycles. The molecule has 136 valence electrons. The Bertz CT molecular complexity index is 532. The molecule has 0 aromatic heterocycles. The van der Waals surface area contributed by atoms with E-state index in [1.807, 2.05) is 6.92 Å². The summed E-state index contributed by atoms with van der Waals surface area (Å²) in [6, 6.07) is 0. The lowest BCUT2D eigenvalue weighted by molar-refractivity contribution is -0.556. The molecule has 2 bridgehead atoms. The van der Waals surface area contributed by atoms with Gasteiger partial charge in [0.1, 0.15) is 0 Å². The minimum atomic E-state index is -0.719. The van der Waals surface area contributed by atoms with Crippen molar-refractivity contribution in [3.8, 4) is 0 Å². The number of aliphatic hydroxyl groups excluding tert-OH is 1. The topological polar surface area (TPSA) is 57.2 Å². The second-order valence-corrected chi connectivity index (χ2v) is 8.10. The van der Waals surface area contributed by atoms with Crippen molar-refractivity contribution in [1.82, 2.24) is 0 Å². The molecule has 0 aromatic carbocycles. The van der Waals surface area contributed by atoms with Gasteiger partial charge in [0.05, 0.1) is 5.76 Å². The van der Waals surface area contributed by atoms with Crippen LogP contribution in [0.25, 0.3) is 0 Å². The van der Waals surface area contributed by atoms with Crippen molar-refractivity contribution in [2.45, 2.75) is 83.4 Å². The Morgan fingerprint density at radius 1 is 1.21 bits per heavy atom. The maximum Gasteiger partial charge on any atom is 0.235 e. The maximum absolute atomic E-state index is 9.24. The summed E-state index contributed by atoms with van der Waals surface area (Å²) in [5.41, 5.74) is 0.830. The lowest BCUT2D eigenvalue weighted by Gasteiger charge is -2.57. The molecule has 24 heavy (non-hydrogen) atoms. The van der Waals surface area contributed by atoms with Gasteiger partial charge in [-0.2, -0.15) is 0 Å². The summed E-state index contributed by atoms with van der Waals surface area (Å²) < 4.78 is 12.7. The predicted octanol–water partition coefficient (Wildman–Crippen LogP) is 3.67. The first-order valence-electron chi connectivity index (χ1n) is 9.58. The van der Waals surface area contributed by atoms with Gasteiger partial charge in [-0.05, 0) is 50.5 Å². The lowest BCUT2D eigenvalue weighted by Crippen LogP contribution is -2.66. The summed E-state index contributed by atoms with van der Waals surface area (Å²) in [6.45, 7) is 6.65. The van der Waals surface area contributed by atoms with Crippen molar-refractivity contribution in [2.75, 3.05) is 6.61 Å². The normalized spacial score (nSPS) is 47.2. The zero-order chi connectivity index (χ0) is 16.9. The summed E-state index contributed by atoms with van der Waals surface area (Å²) in [4.78, 5) is 12.0. The molecule has 5 rings (SSSR count). The van der Waals surface area contributed by atoms with Crippen LogP contribution < -0.4 is 0 Å². The first-order valence-corrected chi connectivity index (χ1v) is 9.58. The van der Waals surface area contributed by atoms with Crippen LogP contribution in [-0.4, -0.2) is 29.4 Å². The van der Waals surface area contributed by atoms with E-state index < -0.39 is 17.7 Å². The highest BCUT2D eigenvalue weighted by Gasteiger charge is 2.68. The van der Waals surface area contributed by atoms with Gasteiger partial charge in [0, 0.05) is 31.3 Å². The Balaban J connectivity index is 1.79. The SMILES string of the molecule is CCC1=C(CCCO)O[C@@H]2O[C@]3(C)CC[C@H]4[C@H](C)CC[C@@H]1[C@@]24OO3. The van der Waals surface area contributed by atoms with E-state index in [1.54, 1.807) is 0 Å². The number of ether oxygens (including phenoxy) is 2. The van der Waals surface area contributed by atoms with Gasteiger partial charge in [0.25, 0.3) is 0 Å². The molecule has 5 nitrogen and oxygen atoms in total. The molecule has 5 heteroatoms. The van der Waals surface area contributed by atoms with Gasteiger partial charge in [-0.3, -0.25) is 0 Å². The fourth-order valence-corrected chi connectivity index (χ4v) is 5.45. The summed E-state index contributed by atoms with van der Waals surface area (Å²) in [5.74, 6) is 1.56. The van der Waals surface area contributed by atoms with Gasteiger partial charge in [0.15, 0.2) is 5.60 Å². The van der Waals surface area contributed by atoms with Crippen LogP contribution >= 0.6 is 0 Å². The zero-order valence-electron chi connectivity index (χ0n) is 15.0. The van der Waals surface area contributed by atoms with E-state index in [1.165, 1.54) is 12.0 Å². The van der Waals surface area contributed by atoms with Crippen LogP contribution in [0.15, 0.2) is 11.3 Å². The Kier molecular flexibility index (Phi) is 4.19. The van der Waals surface area contributed by atoms with Crippen molar-refractivity contribution in [3.63, 3.8) is 0 Å². The highest BCUT2D eigenvalue weighted by Crippen LogP contribution is 2.60. The Morgan fingerprint density at radius 3 is 2.79 bits per heavy atom. The molecule has 4 aliphatic heterocycles. The number of allylic oxidation sites excluding steroid dienone is 1. The average molecular weight is 338 g/mol.